The number of amides is 1. The van der Waals surface area contributed by atoms with Crippen LogP contribution in [-0.2, 0) is 9.59 Å². The van der Waals surface area contributed by atoms with Gasteiger partial charge in [-0.3, -0.25) is 14.5 Å². The van der Waals surface area contributed by atoms with Crippen molar-refractivity contribution in [2.24, 2.45) is 0 Å². The smallest absolute Gasteiger partial charge is 0.234 e. The number of hydrogen-bond acceptors (Lipinski definition) is 3. The van der Waals surface area contributed by atoms with E-state index >= 15 is 0 Å². The molecule has 1 rings (SSSR count). The van der Waals surface area contributed by atoms with Crippen LogP contribution in [0.5, 0.6) is 0 Å². The molecule has 1 saturated heterocycles. The second kappa shape index (κ2) is 5.70. The molecule has 73 valence electrons. The SMILES string of the molecule is O=[C]CNC(=O)CN1CCCCC1. The zero-order chi connectivity index (χ0) is 9.52. The average molecular weight is 183 g/mol. The Kier molecular flexibility index (Phi) is 4.46. The Morgan fingerprint density at radius 2 is 2.00 bits per heavy atom. The van der Waals surface area contributed by atoms with E-state index in [9.17, 15) is 9.59 Å². The van der Waals surface area contributed by atoms with Crippen molar-refractivity contribution < 1.29 is 9.59 Å². The summed E-state index contributed by atoms with van der Waals surface area (Å²) < 4.78 is 0. The summed E-state index contributed by atoms with van der Waals surface area (Å²) in [6, 6.07) is 0. The number of carbonyl (C=O) groups excluding carboxylic acids is 2. The van der Waals surface area contributed by atoms with E-state index in [1.165, 1.54) is 19.3 Å². The zero-order valence-corrected chi connectivity index (χ0v) is 7.71. The van der Waals surface area contributed by atoms with E-state index < -0.39 is 0 Å². The molecule has 1 heterocycles. The van der Waals surface area contributed by atoms with Crippen LogP contribution in [0.2, 0.25) is 0 Å². The lowest BCUT2D eigenvalue weighted by atomic mass is 10.1. The number of nitrogens with one attached hydrogen (secondary N) is 1. The first-order chi connectivity index (χ1) is 6.33. The first-order valence-corrected chi connectivity index (χ1v) is 4.67. The lowest BCUT2D eigenvalue weighted by molar-refractivity contribution is -0.122. The molecule has 1 fully saturated rings. The molecule has 4 nitrogen and oxygen atoms in total. The zero-order valence-electron chi connectivity index (χ0n) is 7.71. The predicted molar refractivity (Wildman–Crippen MR) is 49.0 cm³/mol. The summed E-state index contributed by atoms with van der Waals surface area (Å²) in [7, 11) is 0. The lowest BCUT2D eigenvalue weighted by Gasteiger charge is -2.25. The van der Waals surface area contributed by atoms with E-state index in [1.54, 1.807) is 6.29 Å². The predicted octanol–water partition coefficient (Wildman–Crippen LogP) is -0.302. The van der Waals surface area contributed by atoms with Crippen molar-refractivity contribution in [2.75, 3.05) is 26.2 Å². The van der Waals surface area contributed by atoms with Gasteiger partial charge in [0.25, 0.3) is 0 Å². The summed E-state index contributed by atoms with van der Waals surface area (Å²) in [5, 5.41) is 2.48. The third-order valence-corrected chi connectivity index (χ3v) is 2.17. The van der Waals surface area contributed by atoms with Crippen molar-refractivity contribution in [1.29, 1.82) is 0 Å². The fourth-order valence-corrected chi connectivity index (χ4v) is 1.51. The maximum absolute atomic E-state index is 11.1. The molecule has 0 spiro atoms. The van der Waals surface area contributed by atoms with Gasteiger partial charge in [0.15, 0.2) is 0 Å². The summed E-state index contributed by atoms with van der Waals surface area (Å²) >= 11 is 0. The van der Waals surface area contributed by atoms with E-state index in [0.717, 1.165) is 13.1 Å². The highest BCUT2D eigenvalue weighted by Gasteiger charge is 2.12. The van der Waals surface area contributed by atoms with Gasteiger partial charge in [-0.15, -0.1) is 0 Å². The molecular weight excluding hydrogens is 168 g/mol. The Hall–Kier alpha value is -0.900. The van der Waals surface area contributed by atoms with Gasteiger partial charge in [-0.2, -0.15) is 0 Å². The molecule has 0 aromatic rings. The fraction of sp³-hybridized carbons (Fsp3) is 0.778. The minimum atomic E-state index is -0.0785. The van der Waals surface area contributed by atoms with E-state index in [1.807, 2.05) is 0 Å². The Morgan fingerprint density at radius 1 is 1.31 bits per heavy atom. The first kappa shape index (κ1) is 10.2. The Bertz CT molecular complexity index is 176. The average Bonchev–Trinajstić information content (AvgIpc) is 2.16. The van der Waals surface area contributed by atoms with Gasteiger partial charge in [0, 0.05) is 0 Å². The maximum atomic E-state index is 11.1. The van der Waals surface area contributed by atoms with Gasteiger partial charge < -0.3 is 5.32 Å². The van der Waals surface area contributed by atoms with Gasteiger partial charge in [-0.25, -0.2) is 0 Å². The van der Waals surface area contributed by atoms with Crippen molar-refractivity contribution in [3.63, 3.8) is 0 Å². The second-order valence-electron chi connectivity index (χ2n) is 3.26. The van der Waals surface area contributed by atoms with E-state index in [0.29, 0.717) is 6.54 Å². The Labute approximate surface area is 78.3 Å². The van der Waals surface area contributed by atoms with Crippen LogP contribution in [0.25, 0.3) is 0 Å². The second-order valence-corrected chi connectivity index (χ2v) is 3.26. The van der Waals surface area contributed by atoms with Gasteiger partial charge >= 0.3 is 0 Å². The molecule has 13 heavy (non-hydrogen) atoms. The van der Waals surface area contributed by atoms with Crippen molar-refractivity contribution >= 4 is 12.2 Å². The number of piperidine rings is 1. The molecule has 0 saturated carbocycles. The molecule has 1 radical (unpaired) electrons. The molecule has 0 aromatic carbocycles. The Morgan fingerprint density at radius 3 is 2.62 bits per heavy atom. The van der Waals surface area contributed by atoms with Crippen LogP contribution in [0.4, 0.5) is 0 Å². The molecule has 1 N–H and O–H groups in total. The molecule has 1 aliphatic rings. The van der Waals surface area contributed by atoms with Crippen molar-refractivity contribution in [2.45, 2.75) is 19.3 Å². The fourth-order valence-electron chi connectivity index (χ4n) is 1.51. The maximum Gasteiger partial charge on any atom is 0.234 e. The number of rotatable bonds is 4. The Balaban J connectivity index is 2.14. The van der Waals surface area contributed by atoms with Gasteiger partial charge in [-0.1, -0.05) is 6.42 Å². The van der Waals surface area contributed by atoms with Crippen molar-refractivity contribution in [1.82, 2.24) is 10.2 Å². The summed E-state index contributed by atoms with van der Waals surface area (Å²) in [6.07, 6.45) is 5.25. The van der Waals surface area contributed by atoms with Crippen LogP contribution in [-0.4, -0.2) is 43.3 Å². The quantitative estimate of drug-likeness (QED) is 0.651. The molecule has 0 aliphatic carbocycles. The standard InChI is InChI=1S/C9H15N2O2/c12-7-4-10-9(13)8-11-5-2-1-3-6-11/h1-6,8H2,(H,10,13). The minimum absolute atomic E-state index is 0.00662. The molecule has 1 amide bonds. The van der Waals surface area contributed by atoms with Gasteiger partial charge in [-0.05, 0) is 25.9 Å². The van der Waals surface area contributed by atoms with Crippen molar-refractivity contribution in [3.8, 4) is 0 Å². The summed E-state index contributed by atoms with van der Waals surface area (Å²) in [4.78, 5) is 23.1. The van der Waals surface area contributed by atoms with Crippen LogP contribution in [0, 0.1) is 0 Å². The van der Waals surface area contributed by atoms with Crippen LogP contribution in [0.3, 0.4) is 0 Å². The normalized spacial score (nSPS) is 18.2. The van der Waals surface area contributed by atoms with Crippen molar-refractivity contribution in [3.05, 3.63) is 0 Å². The molecule has 1 aliphatic heterocycles. The highest BCUT2D eigenvalue weighted by atomic mass is 16.2. The third kappa shape index (κ3) is 4.03. The van der Waals surface area contributed by atoms with E-state index in [-0.39, 0.29) is 12.5 Å². The van der Waals surface area contributed by atoms with Gasteiger partial charge in [0.05, 0.1) is 13.1 Å². The summed E-state index contributed by atoms with van der Waals surface area (Å²) in [6.45, 7) is 2.42. The molecular formula is C9H15N2O2. The van der Waals surface area contributed by atoms with Gasteiger partial charge in [0.2, 0.25) is 12.2 Å². The van der Waals surface area contributed by atoms with Crippen LogP contribution < -0.4 is 5.32 Å². The monoisotopic (exact) mass is 183 g/mol. The third-order valence-electron chi connectivity index (χ3n) is 2.17. The molecule has 0 bridgehead atoms. The topological polar surface area (TPSA) is 49.4 Å². The van der Waals surface area contributed by atoms with E-state index in [2.05, 4.69) is 10.2 Å². The van der Waals surface area contributed by atoms with Crippen LogP contribution in [0.1, 0.15) is 19.3 Å². The number of carbonyl (C=O) groups is 1. The highest BCUT2D eigenvalue weighted by Crippen LogP contribution is 2.07. The lowest BCUT2D eigenvalue weighted by Crippen LogP contribution is -2.40. The van der Waals surface area contributed by atoms with E-state index in [4.69, 9.17) is 0 Å². The van der Waals surface area contributed by atoms with Gasteiger partial charge in [0.1, 0.15) is 0 Å². The van der Waals surface area contributed by atoms with Crippen LogP contribution in [0.15, 0.2) is 0 Å². The molecule has 4 heteroatoms. The number of likely N-dealkylation sites (tertiary alicyclic amines) is 1. The molecule has 0 unspecified atom stereocenters. The molecule has 0 atom stereocenters. The largest absolute Gasteiger partial charge is 0.347 e. The first-order valence-electron chi connectivity index (χ1n) is 4.67. The summed E-state index contributed by atoms with van der Waals surface area (Å²) in [5.74, 6) is -0.0785. The molecule has 0 aromatic heterocycles. The number of hydrogen-bond donors (Lipinski definition) is 1. The highest BCUT2D eigenvalue weighted by molar-refractivity contribution is 5.80. The van der Waals surface area contributed by atoms with Crippen LogP contribution >= 0.6 is 0 Å². The number of nitrogens with zero attached hydrogens (tertiary/aromatic N) is 1. The minimum Gasteiger partial charge on any atom is -0.347 e. The summed E-state index contributed by atoms with van der Waals surface area (Å²) in [5.41, 5.74) is 0.